The summed E-state index contributed by atoms with van der Waals surface area (Å²) in [5, 5.41) is 1.11. The number of pyridine rings is 1. The van der Waals surface area contributed by atoms with Crippen LogP contribution in [0.5, 0.6) is 11.5 Å². The highest BCUT2D eigenvalue weighted by Crippen LogP contribution is 2.24. The number of aromatic nitrogens is 1. The highest BCUT2D eigenvalue weighted by molar-refractivity contribution is 5.84. The van der Waals surface area contributed by atoms with Crippen LogP contribution in [0.25, 0.3) is 10.9 Å². The number of rotatable bonds is 5. The molecule has 3 aromatic rings. The Labute approximate surface area is 160 Å². The molecule has 5 heteroatoms. The summed E-state index contributed by atoms with van der Waals surface area (Å²) < 4.78 is 10.7. The zero-order valence-corrected chi connectivity index (χ0v) is 15.9. The maximum absolute atomic E-state index is 5.46. The van der Waals surface area contributed by atoms with E-state index in [4.69, 9.17) is 14.5 Å². The lowest BCUT2D eigenvalue weighted by Crippen LogP contribution is -2.46. The van der Waals surface area contributed by atoms with Crippen molar-refractivity contribution >= 4 is 16.6 Å². The fraction of sp³-hybridized carbons (Fsp3) is 0.318. The molecule has 0 amide bonds. The number of piperazine rings is 1. The molecule has 0 bridgehead atoms. The fourth-order valence-electron chi connectivity index (χ4n) is 3.60. The fourth-order valence-corrected chi connectivity index (χ4v) is 3.60. The van der Waals surface area contributed by atoms with Gasteiger partial charge in [-0.2, -0.15) is 0 Å². The molecule has 1 fully saturated rings. The Balaban J connectivity index is 1.40. The van der Waals surface area contributed by atoms with Crippen molar-refractivity contribution < 1.29 is 9.47 Å². The van der Waals surface area contributed by atoms with Crippen molar-refractivity contribution in [2.75, 3.05) is 45.3 Å². The number of anilines is 1. The Morgan fingerprint density at radius 1 is 0.852 bits per heavy atom. The second kappa shape index (κ2) is 7.84. The summed E-state index contributed by atoms with van der Waals surface area (Å²) in [6.45, 7) is 4.95. The van der Waals surface area contributed by atoms with Gasteiger partial charge in [-0.05, 0) is 36.4 Å². The molecule has 2 heterocycles. The second-order valence-electron chi connectivity index (χ2n) is 6.80. The SMILES string of the molecule is COc1ccc(N2CCN(Cc3ccc4cccc(OC)c4n3)CC2)cc1. The van der Waals surface area contributed by atoms with Gasteiger partial charge in [0.2, 0.25) is 0 Å². The van der Waals surface area contributed by atoms with E-state index >= 15 is 0 Å². The van der Waals surface area contributed by atoms with Crippen LogP contribution in [0.4, 0.5) is 5.69 Å². The Morgan fingerprint density at radius 3 is 2.33 bits per heavy atom. The van der Waals surface area contributed by atoms with Crippen molar-refractivity contribution in [3.63, 3.8) is 0 Å². The molecule has 0 N–H and O–H groups in total. The summed E-state index contributed by atoms with van der Waals surface area (Å²) in [7, 11) is 3.39. The van der Waals surface area contributed by atoms with Gasteiger partial charge in [0.15, 0.2) is 0 Å². The lowest BCUT2D eigenvalue weighted by atomic mass is 10.1. The molecule has 4 rings (SSSR count). The molecule has 27 heavy (non-hydrogen) atoms. The monoisotopic (exact) mass is 363 g/mol. The Hall–Kier alpha value is -2.79. The van der Waals surface area contributed by atoms with Crippen LogP contribution in [0.3, 0.4) is 0 Å². The first kappa shape index (κ1) is 17.6. The first-order chi connectivity index (χ1) is 13.3. The smallest absolute Gasteiger partial charge is 0.145 e. The Morgan fingerprint density at radius 2 is 1.63 bits per heavy atom. The van der Waals surface area contributed by atoms with Crippen molar-refractivity contribution in [3.05, 3.63) is 60.3 Å². The molecule has 0 aliphatic carbocycles. The van der Waals surface area contributed by atoms with E-state index in [1.165, 1.54) is 5.69 Å². The average molecular weight is 363 g/mol. The van der Waals surface area contributed by atoms with Crippen LogP contribution in [0.15, 0.2) is 54.6 Å². The van der Waals surface area contributed by atoms with Gasteiger partial charge >= 0.3 is 0 Å². The number of hydrogen-bond donors (Lipinski definition) is 0. The molecule has 2 aromatic carbocycles. The number of nitrogens with zero attached hydrogens (tertiary/aromatic N) is 3. The van der Waals surface area contributed by atoms with Crippen molar-refractivity contribution in [1.82, 2.24) is 9.88 Å². The minimum Gasteiger partial charge on any atom is -0.497 e. The third kappa shape index (κ3) is 3.83. The van der Waals surface area contributed by atoms with E-state index in [9.17, 15) is 0 Å². The van der Waals surface area contributed by atoms with Crippen LogP contribution in [-0.4, -0.2) is 50.3 Å². The predicted octanol–water partition coefficient (Wildman–Crippen LogP) is 3.57. The molecule has 0 atom stereocenters. The largest absolute Gasteiger partial charge is 0.497 e. The van der Waals surface area contributed by atoms with Crippen molar-refractivity contribution in [1.29, 1.82) is 0 Å². The molecule has 1 aliphatic rings. The standard InChI is InChI=1S/C22H25N3O2/c1-26-20-10-8-19(9-11-20)25-14-12-24(13-15-25)16-18-7-6-17-4-3-5-21(27-2)22(17)23-18/h3-11H,12-16H2,1-2H3. The van der Waals surface area contributed by atoms with E-state index in [1.807, 2.05) is 24.3 Å². The van der Waals surface area contributed by atoms with Crippen LogP contribution in [0.2, 0.25) is 0 Å². The van der Waals surface area contributed by atoms with Crippen molar-refractivity contribution in [2.24, 2.45) is 0 Å². The summed E-state index contributed by atoms with van der Waals surface area (Å²) in [6, 6.07) is 18.6. The van der Waals surface area contributed by atoms with E-state index in [-0.39, 0.29) is 0 Å². The highest BCUT2D eigenvalue weighted by Gasteiger charge is 2.18. The molecule has 1 aromatic heterocycles. The van der Waals surface area contributed by atoms with Crippen molar-refractivity contribution in [3.8, 4) is 11.5 Å². The Kier molecular flexibility index (Phi) is 5.12. The zero-order valence-electron chi connectivity index (χ0n) is 15.9. The van der Waals surface area contributed by atoms with Gasteiger partial charge < -0.3 is 14.4 Å². The van der Waals surface area contributed by atoms with Crippen molar-refractivity contribution in [2.45, 2.75) is 6.54 Å². The second-order valence-corrected chi connectivity index (χ2v) is 6.80. The topological polar surface area (TPSA) is 37.8 Å². The van der Waals surface area contributed by atoms with E-state index < -0.39 is 0 Å². The highest BCUT2D eigenvalue weighted by atomic mass is 16.5. The third-order valence-electron chi connectivity index (χ3n) is 5.16. The van der Waals surface area contributed by atoms with E-state index in [0.717, 1.165) is 60.8 Å². The molecule has 0 saturated carbocycles. The Bertz CT molecular complexity index is 903. The lowest BCUT2D eigenvalue weighted by Gasteiger charge is -2.36. The van der Waals surface area contributed by atoms with E-state index in [1.54, 1.807) is 14.2 Å². The van der Waals surface area contributed by atoms with Crippen LogP contribution >= 0.6 is 0 Å². The van der Waals surface area contributed by atoms with Gasteiger partial charge in [-0.15, -0.1) is 0 Å². The third-order valence-corrected chi connectivity index (χ3v) is 5.16. The number of benzene rings is 2. The molecule has 0 spiro atoms. The molecule has 1 aliphatic heterocycles. The molecular formula is C22H25N3O2. The zero-order chi connectivity index (χ0) is 18.6. The number of hydrogen-bond acceptors (Lipinski definition) is 5. The minimum absolute atomic E-state index is 0.832. The lowest BCUT2D eigenvalue weighted by molar-refractivity contribution is 0.247. The number of ether oxygens (including phenoxy) is 2. The first-order valence-corrected chi connectivity index (χ1v) is 9.31. The van der Waals surface area contributed by atoms with E-state index in [2.05, 4.69) is 40.1 Å². The maximum atomic E-state index is 5.46. The number of para-hydroxylation sites is 1. The quantitative estimate of drug-likeness (QED) is 0.693. The minimum atomic E-state index is 0.832. The van der Waals surface area contributed by atoms with Crippen LogP contribution in [0, 0.1) is 0 Å². The van der Waals surface area contributed by atoms with Gasteiger partial charge in [0.25, 0.3) is 0 Å². The summed E-state index contributed by atoms with van der Waals surface area (Å²) in [6.07, 6.45) is 0. The summed E-state index contributed by atoms with van der Waals surface area (Å²) in [5.41, 5.74) is 3.28. The summed E-state index contributed by atoms with van der Waals surface area (Å²) >= 11 is 0. The van der Waals surface area contributed by atoms with E-state index in [0.29, 0.717) is 0 Å². The molecule has 5 nitrogen and oxygen atoms in total. The molecule has 0 unspecified atom stereocenters. The molecule has 1 saturated heterocycles. The first-order valence-electron chi connectivity index (χ1n) is 9.31. The number of methoxy groups -OCH3 is 2. The molecule has 0 radical (unpaired) electrons. The van der Waals surface area contributed by atoms with Crippen LogP contribution < -0.4 is 14.4 Å². The summed E-state index contributed by atoms with van der Waals surface area (Å²) in [4.78, 5) is 9.73. The van der Waals surface area contributed by atoms with Gasteiger partial charge in [0.1, 0.15) is 17.0 Å². The van der Waals surface area contributed by atoms with Gasteiger partial charge in [-0.3, -0.25) is 4.90 Å². The van der Waals surface area contributed by atoms with Gasteiger partial charge in [0.05, 0.1) is 19.9 Å². The van der Waals surface area contributed by atoms with Crippen LogP contribution in [0.1, 0.15) is 5.69 Å². The number of fused-ring (bicyclic) bond motifs is 1. The normalized spacial score (nSPS) is 15.1. The van der Waals surface area contributed by atoms with Gasteiger partial charge in [-0.1, -0.05) is 18.2 Å². The average Bonchev–Trinajstić information content (AvgIpc) is 2.74. The predicted molar refractivity (Wildman–Crippen MR) is 109 cm³/mol. The molecule has 140 valence electrons. The van der Waals surface area contributed by atoms with Crippen LogP contribution in [-0.2, 0) is 6.54 Å². The van der Waals surface area contributed by atoms with Gasteiger partial charge in [-0.25, -0.2) is 4.98 Å². The molecular weight excluding hydrogens is 338 g/mol. The summed E-state index contributed by atoms with van der Waals surface area (Å²) in [5.74, 6) is 1.73. The van der Waals surface area contributed by atoms with Gasteiger partial charge in [0, 0.05) is 43.8 Å². The maximum Gasteiger partial charge on any atom is 0.145 e.